The van der Waals surface area contributed by atoms with E-state index in [0.717, 1.165) is 77.0 Å². The zero-order valence-corrected chi connectivity index (χ0v) is 43.5. The van der Waals surface area contributed by atoms with Crippen molar-refractivity contribution in [3.05, 3.63) is 36.5 Å². The van der Waals surface area contributed by atoms with Crippen LogP contribution in [0, 0.1) is 0 Å². The van der Waals surface area contributed by atoms with Crippen molar-refractivity contribution in [2.24, 2.45) is 0 Å². The number of carbonyl (C=O) groups excluding carboxylic acids is 2. The van der Waals surface area contributed by atoms with Gasteiger partial charge in [-0.3, -0.25) is 9.59 Å². The van der Waals surface area contributed by atoms with Crippen molar-refractivity contribution in [1.29, 1.82) is 0 Å². The molecular weight excluding hydrogens is 803 g/mol. The molecule has 0 bridgehead atoms. The molecule has 0 aromatic rings. The summed E-state index contributed by atoms with van der Waals surface area (Å²) in [6.45, 7) is 4.86. The molecule has 1 amide bonds. The summed E-state index contributed by atoms with van der Waals surface area (Å²) in [7, 11) is 0. The minimum absolute atomic E-state index is 0.0183. The van der Waals surface area contributed by atoms with Crippen LogP contribution in [-0.4, -0.2) is 47.4 Å². The zero-order chi connectivity index (χ0) is 47.2. The maximum absolute atomic E-state index is 12.4. The molecule has 0 rings (SSSR count). The predicted octanol–water partition coefficient (Wildman–Crippen LogP) is 17.6. The lowest BCUT2D eigenvalue weighted by atomic mass is 10.0. The number of nitrogens with one attached hydrogen (secondary N) is 1. The Bertz CT molecular complexity index is 1060. The van der Waals surface area contributed by atoms with Crippen LogP contribution >= 0.6 is 0 Å². The molecule has 0 aliphatic carbocycles. The Kier molecular flexibility index (Phi) is 53.1. The highest BCUT2D eigenvalue weighted by molar-refractivity contribution is 5.76. The highest BCUT2D eigenvalue weighted by Crippen LogP contribution is 2.17. The molecule has 0 aliphatic rings. The molecule has 0 aromatic carbocycles. The summed E-state index contributed by atoms with van der Waals surface area (Å²) in [5.41, 5.74) is 0. The molecule has 0 saturated carbocycles. The van der Waals surface area contributed by atoms with E-state index in [1.807, 2.05) is 6.08 Å². The number of rotatable bonds is 53. The fourth-order valence-electron chi connectivity index (χ4n) is 8.74. The van der Waals surface area contributed by atoms with Crippen LogP contribution in [0.15, 0.2) is 36.5 Å². The van der Waals surface area contributed by atoms with Gasteiger partial charge in [-0.15, -0.1) is 0 Å². The van der Waals surface area contributed by atoms with Crippen LogP contribution in [0.2, 0.25) is 0 Å². The van der Waals surface area contributed by atoms with Gasteiger partial charge in [-0.1, -0.05) is 262 Å². The minimum Gasteiger partial charge on any atom is -0.466 e. The number of hydrogen-bond donors (Lipinski definition) is 3. The first-order valence-corrected chi connectivity index (χ1v) is 28.8. The predicted molar refractivity (Wildman–Crippen MR) is 283 cm³/mol. The number of hydrogen-bond acceptors (Lipinski definition) is 5. The van der Waals surface area contributed by atoms with Crippen LogP contribution in [0.25, 0.3) is 0 Å². The Balaban J connectivity index is 3.51. The number of ether oxygens (including phenoxy) is 1. The maximum atomic E-state index is 12.4. The second kappa shape index (κ2) is 54.7. The summed E-state index contributed by atoms with van der Waals surface area (Å²) in [4.78, 5) is 24.5. The van der Waals surface area contributed by atoms with Gasteiger partial charge in [0.25, 0.3) is 0 Å². The molecule has 65 heavy (non-hydrogen) atoms. The average molecular weight is 915 g/mol. The van der Waals surface area contributed by atoms with Gasteiger partial charge in [0.05, 0.1) is 25.4 Å². The lowest BCUT2D eigenvalue weighted by molar-refractivity contribution is -0.143. The van der Waals surface area contributed by atoms with Crippen LogP contribution < -0.4 is 5.32 Å². The first-order chi connectivity index (χ1) is 32.0. The monoisotopic (exact) mass is 914 g/mol. The van der Waals surface area contributed by atoms with E-state index in [9.17, 15) is 19.8 Å². The normalized spacial score (nSPS) is 12.9. The SMILES string of the molecule is CCCCCCCCCCCCCC/C=C/C(O)C(CO)NC(=O)CCCCCCCC/C=C\C=C/CCCCCOC(=O)CCCCCCCCCCCCCCCCCCCCC. The van der Waals surface area contributed by atoms with Crippen LogP contribution in [0.5, 0.6) is 0 Å². The second-order valence-electron chi connectivity index (χ2n) is 19.7. The lowest BCUT2D eigenvalue weighted by Crippen LogP contribution is -2.45. The van der Waals surface area contributed by atoms with Crippen molar-refractivity contribution < 1.29 is 24.5 Å². The maximum Gasteiger partial charge on any atom is 0.305 e. The molecule has 0 fully saturated rings. The smallest absolute Gasteiger partial charge is 0.305 e. The average Bonchev–Trinajstić information content (AvgIpc) is 3.31. The van der Waals surface area contributed by atoms with E-state index in [1.54, 1.807) is 6.08 Å². The summed E-state index contributed by atoms with van der Waals surface area (Å²) in [6, 6.07) is -0.644. The molecule has 0 spiro atoms. The van der Waals surface area contributed by atoms with Gasteiger partial charge in [0.2, 0.25) is 5.91 Å². The van der Waals surface area contributed by atoms with Gasteiger partial charge in [0.1, 0.15) is 0 Å². The van der Waals surface area contributed by atoms with E-state index < -0.39 is 12.1 Å². The third-order valence-corrected chi connectivity index (χ3v) is 13.2. The third kappa shape index (κ3) is 51.3. The van der Waals surface area contributed by atoms with Crippen molar-refractivity contribution in [2.75, 3.05) is 13.2 Å². The highest BCUT2D eigenvalue weighted by atomic mass is 16.5. The summed E-state index contributed by atoms with van der Waals surface area (Å²) >= 11 is 0. The van der Waals surface area contributed by atoms with Crippen LogP contribution in [0.4, 0.5) is 0 Å². The van der Waals surface area contributed by atoms with Gasteiger partial charge >= 0.3 is 5.97 Å². The molecule has 2 atom stereocenters. The van der Waals surface area contributed by atoms with E-state index >= 15 is 0 Å². The number of amides is 1. The Labute approximate surface area is 404 Å². The number of unbranched alkanes of at least 4 members (excludes halogenated alkanes) is 39. The number of allylic oxidation sites excluding steroid dienone is 5. The third-order valence-electron chi connectivity index (χ3n) is 13.2. The van der Waals surface area contributed by atoms with Crippen LogP contribution in [-0.2, 0) is 14.3 Å². The van der Waals surface area contributed by atoms with E-state index in [0.29, 0.717) is 19.4 Å². The zero-order valence-electron chi connectivity index (χ0n) is 43.5. The van der Waals surface area contributed by atoms with Gasteiger partial charge in [-0.2, -0.15) is 0 Å². The van der Waals surface area contributed by atoms with Crippen molar-refractivity contribution in [3.63, 3.8) is 0 Å². The molecule has 6 heteroatoms. The fraction of sp³-hybridized carbons (Fsp3) is 0.864. The minimum atomic E-state index is -0.858. The number of esters is 1. The first kappa shape index (κ1) is 63.1. The molecule has 0 heterocycles. The largest absolute Gasteiger partial charge is 0.466 e. The van der Waals surface area contributed by atoms with Gasteiger partial charge in [0, 0.05) is 12.8 Å². The van der Waals surface area contributed by atoms with Gasteiger partial charge in [-0.25, -0.2) is 0 Å². The Morgan fingerprint density at radius 2 is 0.754 bits per heavy atom. The van der Waals surface area contributed by atoms with E-state index in [-0.39, 0.29) is 18.5 Å². The van der Waals surface area contributed by atoms with E-state index in [1.165, 1.54) is 199 Å². The number of aliphatic hydroxyl groups is 2. The molecular formula is C59H111NO5. The summed E-state index contributed by atoms with van der Waals surface area (Å²) in [5, 5.41) is 23.0. The Hall–Kier alpha value is -1.92. The second-order valence-corrected chi connectivity index (χ2v) is 19.7. The molecule has 0 radical (unpaired) electrons. The van der Waals surface area contributed by atoms with Gasteiger partial charge in [-0.05, 0) is 64.2 Å². The van der Waals surface area contributed by atoms with Gasteiger partial charge in [0.15, 0.2) is 0 Å². The topological polar surface area (TPSA) is 95.9 Å². The molecule has 0 aliphatic heterocycles. The molecule has 382 valence electrons. The molecule has 0 saturated heterocycles. The Morgan fingerprint density at radius 1 is 0.431 bits per heavy atom. The van der Waals surface area contributed by atoms with Gasteiger partial charge < -0.3 is 20.3 Å². The van der Waals surface area contributed by atoms with Crippen molar-refractivity contribution in [2.45, 2.75) is 315 Å². The quantitative estimate of drug-likeness (QED) is 0.0244. The van der Waals surface area contributed by atoms with E-state index in [2.05, 4.69) is 43.5 Å². The standard InChI is InChI=1S/C59H111NO5/c1-3-5-7-9-11-13-15-17-19-20-21-22-25-29-33-37-41-45-49-53-59(64)65-54-50-46-42-38-34-30-26-23-24-28-32-36-40-44-48-52-58(63)60-56(55-61)57(62)51-47-43-39-35-31-27-18-16-14-12-10-8-6-4-2/h23,26,30,34,47,51,56-57,61-62H,3-22,24-25,27-29,31-33,35-46,48-50,52-55H2,1-2H3,(H,60,63)/b26-23-,34-30-,51-47+. The lowest BCUT2D eigenvalue weighted by Gasteiger charge is -2.20. The molecule has 2 unspecified atom stereocenters. The first-order valence-electron chi connectivity index (χ1n) is 28.8. The fourth-order valence-corrected chi connectivity index (χ4v) is 8.74. The summed E-state index contributed by atoms with van der Waals surface area (Å²) in [5.74, 6) is -0.109. The molecule has 0 aromatic heterocycles. The van der Waals surface area contributed by atoms with Crippen LogP contribution in [0.3, 0.4) is 0 Å². The highest BCUT2D eigenvalue weighted by Gasteiger charge is 2.18. The number of carbonyl (C=O) groups is 2. The molecule has 3 N–H and O–H groups in total. The van der Waals surface area contributed by atoms with E-state index in [4.69, 9.17) is 4.74 Å². The van der Waals surface area contributed by atoms with Crippen molar-refractivity contribution in [3.8, 4) is 0 Å². The molecule has 6 nitrogen and oxygen atoms in total. The Morgan fingerprint density at radius 3 is 1.14 bits per heavy atom. The summed E-state index contributed by atoms with van der Waals surface area (Å²) in [6.07, 6.45) is 67.4. The van der Waals surface area contributed by atoms with Crippen LogP contribution in [0.1, 0.15) is 303 Å². The summed E-state index contributed by atoms with van der Waals surface area (Å²) < 4.78 is 5.46. The van der Waals surface area contributed by atoms with Crippen molar-refractivity contribution >= 4 is 11.9 Å². The van der Waals surface area contributed by atoms with Crippen molar-refractivity contribution in [1.82, 2.24) is 5.32 Å². The number of aliphatic hydroxyl groups excluding tert-OH is 2.